The van der Waals surface area contributed by atoms with E-state index in [2.05, 4.69) is 14.5 Å². The Bertz CT molecular complexity index is 611. The van der Waals surface area contributed by atoms with Crippen molar-refractivity contribution in [3.63, 3.8) is 0 Å². The van der Waals surface area contributed by atoms with E-state index in [1.807, 2.05) is 26.0 Å². The Morgan fingerprint density at radius 3 is 2.79 bits per heavy atom. The van der Waals surface area contributed by atoms with Gasteiger partial charge in [0, 0.05) is 46.8 Å². The first kappa shape index (κ1) is 14.5. The number of pyridine rings is 1. The van der Waals surface area contributed by atoms with Gasteiger partial charge < -0.3 is 4.57 Å². The first-order valence-electron chi connectivity index (χ1n) is 6.23. The van der Waals surface area contributed by atoms with E-state index in [0.29, 0.717) is 18.1 Å². The van der Waals surface area contributed by atoms with Crippen LogP contribution in [0.1, 0.15) is 24.5 Å². The molecule has 0 radical (unpaired) electrons. The summed E-state index contributed by atoms with van der Waals surface area (Å²) in [5.41, 5.74) is 2.69. The van der Waals surface area contributed by atoms with Crippen molar-refractivity contribution in [2.24, 2.45) is 0 Å². The molecule has 2 unspecified atom stereocenters. The summed E-state index contributed by atoms with van der Waals surface area (Å²) < 4.78 is 13.5. The Kier molecular flexibility index (Phi) is 4.58. The van der Waals surface area contributed by atoms with Crippen molar-refractivity contribution in [3.05, 3.63) is 23.7 Å². The summed E-state index contributed by atoms with van der Waals surface area (Å²) in [5, 5.41) is 0. The van der Waals surface area contributed by atoms with Gasteiger partial charge in [-0.05, 0) is 26.0 Å². The minimum atomic E-state index is -0.850. The zero-order valence-electron chi connectivity index (χ0n) is 11.4. The smallest absolute Gasteiger partial charge is 0.160 e. The molecule has 0 saturated heterocycles. The van der Waals surface area contributed by atoms with Crippen molar-refractivity contribution < 1.29 is 4.21 Å². The minimum absolute atomic E-state index is 0.100. The topological polar surface area (TPSA) is 47.8 Å². The van der Waals surface area contributed by atoms with Crippen LogP contribution in [0.5, 0.6) is 0 Å². The molecule has 19 heavy (non-hydrogen) atoms. The number of hydrogen-bond acceptors (Lipinski definition) is 3. The predicted molar refractivity (Wildman–Crippen MR) is 80.3 cm³/mol. The van der Waals surface area contributed by atoms with Gasteiger partial charge in [-0.25, -0.2) is 9.97 Å². The maximum Gasteiger partial charge on any atom is 0.160 e. The van der Waals surface area contributed by atoms with Crippen LogP contribution < -0.4 is 0 Å². The Balaban J connectivity index is 2.55. The quantitative estimate of drug-likeness (QED) is 0.797. The van der Waals surface area contributed by atoms with Crippen molar-refractivity contribution in [3.8, 4) is 0 Å². The first-order chi connectivity index (χ1) is 9.02. The standard InChI is InChI=1S/C13H18ClN3OS/c1-9-4-5-11-13(15-9)17(10(2)8-19(3)18)12(16-11)6-7-14/h4-5,10H,6-8H2,1-3H3. The van der Waals surface area contributed by atoms with Crippen molar-refractivity contribution in [2.45, 2.75) is 26.3 Å². The zero-order valence-corrected chi connectivity index (χ0v) is 13.0. The summed E-state index contributed by atoms with van der Waals surface area (Å²) in [5.74, 6) is 2.03. The lowest BCUT2D eigenvalue weighted by Crippen LogP contribution is -2.16. The zero-order chi connectivity index (χ0) is 14.0. The summed E-state index contributed by atoms with van der Waals surface area (Å²) in [6, 6.07) is 4.03. The third kappa shape index (κ3) is 3.15. The van der Waals surface area contributed by atoms with E-state index in [1.54, 1.807) is 6.26 Å². The van der Waals surface area contributed by atoms with E-state index in [0.717, 1.165) is 22.7 Å². The van der Waals surface area contributed by atoms with Gasteiger partial charge in [0.2, 0.25) is 0 Å². The first-order valence-corrected chi connectivity index (χ1v) is 8.49. The summed E-state index contributed by atoms with van der Waals surface area (Å²) in [6.45, 7) is 4.00. The van der Waals surface area contributed by atoms with Gasteiger partial charge in [-0.2, -0.15) is 0 Å². The van der Waals surface area contributed by atoms with E-state index in [1.165, 1.54) is 0 Å². The molecule has 0 fully saturated rings. The molecular weight excluding hydrogens is 282 g/mol. The molecule has 4 nitrogen and oxygen atoms in total. The number of alkyl halides is 1. The van der Waals surface area contributed by atoms with Gasteiger partial charge in [0.25, 0.3) is 0 Å². The molecule has 0 bridgehead atoms. The molecule has 0 N–H and O–H groups in total. The van der Waals surface area contributed by atoms with Crippen LogP contribution in [-0.2, 0) is 17.2 Å². The molecule has 6 heteroatoms. The number of nitrogens with zero attached hydrogens (tertiary/aromatic N) is 3. The molecule has 2 aromatic rings. The monoisotopic (exact) mass is 299 g/mol. The fraction of sp³-hybridized carbons (Fsp3) is 0.538. The lowest BCUT2D eigenvalue weighted by Gasteiger charge is -2.15. The van der Waals surface area contributed by atoms with Gasteiger partial charge in [-0.1, -0.05) is 0 Å². The van der Waals surface area contributed by atoms with Crippen molar-refractivity contribution in [1.82, 2.24) is 14.5 Å². The molecule has 0 aliphatic heterocycles. The second kappa shape index (κ2) is 6.01. The summed E-state index contributed by atoms with van der Waals surface area (Å²) in [4.78, 5) is 9.15. The van der Waals surface area contributed by atoms with Crippen LogP contribution in [0.2, 0.25) is 0 Å². The van der Waals surface area contributed by atoms with E-state index >= 15 is 0 Å². The number of aryl methyl sites for hydroxylation is 2. The van der Waals surface area contributed by atoms with Gasteiger partial charge in [-0.15, -0.1) is 11.6 Å². The highest BCUT2D eigenvalue weighted by molar-refractivity contribution is 7.84. The van der Waals surface area contributed by atoms with Gasteiger partial charge in [0.1, 0.15) is 11.3 Å². The average molecular weight is 300 g/mol. The number of aromatic nitrogens is 3. The number of imidazole rings is 1. The van der Waals surface area contributed by atoms with Gasteiger partial charge in [0.15, 0.2) is 5.65 Å². The second-order valence-electron chi connectivity index (χ2n) is 4.72. The molecular formula is C13H18ClN3OS. The summed E-state index contributed by atoms with van der Waals surface area (Å²) in [7, 11) is -0.850. The Morgan fingerprint density at radius 2 is 2.16 bits per heavy atom. The van der Waals surface area contributed by atoms with Crippen molar-refractivity contribution in [1.29, 1.82) is 0 Å². The highest BCUT2D eigenvalue weighted by Crippen LogP contribution is 2.21. The van der Waals surface area contributed by atoms with E-state index in [9.17, 15) is 4.21 Å². The van der Waals surface area contributed by atoms with Crippen molar-refractivity contribution >= 4 is 33.6 Å². The molecule has 0 aliphatic carbocycles. The largest absolute Gasteiger partial charge is 0.309 e. The third-order valence-electron chi connectivity index (χ3n) is 2.98. The Morgan fingerprint density at radius 1 is 1.42 bits per heavy atom. The van der Waals surface area contributed by atoms with Crippen molar-refractivity contribution in [2.75, 3.05) is 17.9 Å². The average Bonchev–Trinajstić information content (AvgIpc) is 2.65. The fourth-order valence-electron chi connectivity index (χ4n) is 2.25. The van der Waals surface area contributed by atoms with Gasteiger partial charge in [-0.3, -0.25) is 4.21 Å². The van der Waals surface area contributed by atoms with Crippen LogP contribution in [0.3, 0.4) is 0 Å². The normalized spacial score (nSPS) is 14.7. The highest BCUT2D eigenvalue weighted by atomic mass is 35.5. The molecule has 2 atom stereocenters. The molecule has 0 aromatic carbocycles. The Labute approximate surface area is 120 Å². The third-order valence-corrected chi connectivity index (χ3v) is 4.13. The number of halogens is 1. The Hall–Kier alpha value is -0.940. The lowest BCUT2D eigenvalue weighted by molar-refractivity contribution is 0.583. The molecule has 0 saturated carbocycles. The number of rotatable bonds is 5. The van der Waals surface area contributed by atoms with Crippen LogP contribution in [0.15, 0.2) is 12.1 Å². The lowest BCUT2D eigenvalue weighted by atomic mass is 10.3. The van der Waals surface area contributed by atoms with Gasteiger partial charge >= 0.3 is 0 Å². The van der Waals surface area contributed by atoms with Crippen LogP contribution in [0, 0.1) is 6.92 Å². The number of hydrogen-bond donors (Lipinski definition) is 0. The predicted octanol–water partition coefficient (Wildman–Crippen LogP) is 2.46. The molecule has 0 aliphatic rings. The molecule has 2 aromatic heterocycles. The highest BCUT2D eigenvalue weighted by Gasteiger charge is 2.17. The second-order valence-corrected chi connectivity index (χ2v) is 6.58. The molecule has 2 rings (SSSR count). The summed E-state index contributed by atoms with van der Waals surface area (Å²) in [6.07, 6.45) is 2.41. The minimum Gasteiger partial charge on any atom is -0.309 e. The maximum absolute atomic E-state index is 11.5. The van der Waals surface area contributed by atoms with Crippen LogP contribution in [0.4, 0.5) is 0 Å². The molecule has 0 amide bonds. The SMILES string of the molecule is Cc1ccc2nc(CCCl)n(C(C)CS(C)=O)c2n1. The van der Waals surface area contributed by atoms with Crippen LogP contribution in [-0.4, -0.2) is 36.6 Å². The van der Waals surface area contributed by atoms with Crippen LogP contribution >= 0.6 is 11.6 Å². The molecule has 0 spiro atoms. The fourth-order valence-corrected chi connectivity index (χ4v) is 3.25. The number of fused-ring (bicyclic) bond motifs is 1. The molecule has 2 heterocycles. The van der Waals surface area contributed by atoms with E-state index in [4.69, 9.17) is 11.6 Å². The van der Waals surface area contributed by atoms with Gasteiger partial charge in [0.05, 0.1) is 0 Å². The molecule has 104 valence electrons. The van der Waals surface area contributed by atoms with E-state index in [-0.39, 0.29) is 6.04 Å². The maximum atomic E-state index is 11.5. The van der Waals surface area contributed by atoms with E-state index < -0.39 is 10.8 Å². The van der Waals surface area contributed by atoms with Crippen LogP contribution in [0.25, 0.3) is 11.2 Å². The summed E-state index contributed by atoms with van der Waals surface area (Å²) >= 11 is 5.84.